The van der Waals surface area contributed by atoms with Gasteiger partial charge in [-0.1, -0.05) is 83.1 Å². The van der Waals surface area contributed by atoms with Crippen molar-refractivity contribution in [2.24, 2.45) is 11.8 Å². The number of allylic oxidation sites excluding steroid dienone is 2. The third kappa shape index (κ3) is 19.2. The summed E-state index contributed by atoms with van der Waals surface area (Å²) in [5.41, 5.74) is 0. The van der Waals surface area contributed by atoms with Crippen molar-refractivity contribution in [3.63, 3.8) is 0 Å². The second kappa shape index (κ2) is 22.6. The number of ether oxygens (including phenoxy) is 2. The van der Waals surface area contributed by atoms with Gasteiger partial charge in [-0.25, -0.2) is 4.57 Å². The van der Waals surface area contributed by atoms with Gasteiger partial charge in [-0.2, -0.15) is 0 Å². The predicted octanol–water partition coefficient (Wildman–Crippen LogP) is 5.09. The van der Waals surface area contributed by atoms with E-state index < -0.39 is 44.7 Å². The molecule has 1 aliphatic carbocycles. The molecule has 248 valence electrons. The highest BCUT2D eigenvalue weighted by molar-refractivity contribution is 7.46. The Morgan fingerprint density at radius 3 is 2.33 bits per heavy atom. The van der Waals surface area contributed by atoms with Gasteiger partial charge in [0.05, 0.1) is 18.8 Å². The number of rotatable bonds is 24. The minimum atomic E-state index is -4.81. The summed E-state index contributed by atoms with van der Waals surface area (Å²) in [7, 11) is -4.81. The summed E-state index contributed by atoms with van der Waals surface area (Å²) in [4.78, 5) is 54.7. The van der Waals surface area contributed by atoms with Crippen LogP contribution < -0.4 is 0 Å². The molecule has 0 aliphatic heterocycles. The van der Waals surface area contributed by atoms with E-state index in [1.807, 2.05) is 12.2 Å². The first-order valence-corrected chi connectivity index (χ1v) is 17.3. The molecule has 1 aliphatic rings. The minimum absolute atomic E-state index is 0.0170. The first kappa shape index (κ1) is 39.1. The van der Waals surface area contributed by atoms with Gasteiger partial charge in [-0.05, 0) is 32.1 Å². The summed E-state index contributed by atoms with van der Waals surface area (Å²) in [5.74, 6) is -1.84. The molecular weight excluding hydrogens is 579 g/mol. The van der Waals surface area contributed by atoms with Crippen LogP contribution in [0.1, 0.15) is 110 Å². The lowest BCUT2D eigenvalue weighted by Gasteiger charge is -2.18. The van der Waals surface area contributed by atoms with Crippen molar-refractivity contribution in [3.8, 4) is 0 Å². The van der Waals surface area contributed by atoms with Crippen molar-refractivity contribution in [2.75, 3.05) is 13.2 Å². The Morgan fingerprint density at radius 1 is 0.953 bits per heavy atom. The molecule has 0 heterocycles. The van der Waals surface area contributed by atoms with Gasteiger partial charge in [0.2, 0.25) is 0 Å². The van der Waals surface area contributed by atoms with E-state index in [2.05, 4.69) is 18.4 Å². The van der Waals surface area contributed by atoms with Crippen molar-refractivity contribution < 1.29 is 52.9 Å². The summed E-state index contributed by atoms with van der Waals surface area (Å²) in [6, 6.07) is 0. The Balaban J connectivity index is 2.47. The average Bonchev–Trinajstić information content (AvgIpc) is 3.21. The maximum atomic E-state index is 12.4. The van der Waals surface area contributed by atoms with Crippen LogP contribution >= 0.6 is 7.82 Å². The zero-order chi connectivity index (χ0) is 32.1. The SMILES string of the molecule is CCCCCCCC(=O)OC[C@H](COP(=O)(O)O)OC(=O)CCC/C=C\C[C@H]1C(=O)C[C@@H](O)[C@@H]1/C=C/[C@@H](O)CCCCC. The van der Waals surface area contributed by atoms with Gasteiger partial charge >= 0.3 is 19.8 Å². The lowest BCUT2D eigenvalue weighted by molar-refractivity contribution is -0.161. The number of phosphoric ester groups is 1. The number of esters is 2. The Labute approximate surface area is 256 Å². The molecule has 0 spiro atoms. The fraction of sp³-hybridized carbons (Fsp3) is 0.774. The van der Waals surface area contributed by atoms with Gasteiger partial charge in [0.25, 0.3) is 0 Å². The molecule has 0 aromatic heterocycles. The fourth-order valence-electron chi connectivity index (χ4n) is 4.88. The van der Waals surface area contributed by atoms with Crippen LogP contribution in [0.15, 0.2) is 24.3 Å². The number of hydrogen-bond donors (Lipinski definition) is 4. The number of unbranched alkanes of at least 4 members (excludes halogenated alkanes) is 7. The van der Waals surface area contributed by atoms with Gasteiger partial charge in [-0.15, -0.1) is 0 Å². The van der Waals surface area contributed by atoms with E-state index in [0.717, 1.165) is 44.9 Å². The van der Waals surface area contributed by atoms with Crippen LogP contribution in [0.25, 0.3) is 0 Å². The maximum Gasteiger partial charge on any atom is 0.469 e. The molecule has 0 aromatic carbocycles. The number of carbonyl (C=O) groups excluding carboxylic acids is 3. The molecule has 11 nitrogen and oxygen atoms in total. The fourth-order valence-corrected chi connectivity index (χ4v) is 5.24. The van der Waals surface area contributed by atoms with Crippen LogP contribution in [0, 0.1) is 11.8 Å². The monoisotopic (exact) mass is 632 g/mol. The van der Waals surface area contributed by atoms with Crippen molar-refractivity contribution in [1.29, 1.82) is 0 Å². The van der Waals surface area contributed by atoms with E-state index >= 15 is 0 Å². The Morgan fingerprint density at radius 2 is 1.63 bits per heavy atom. The van der Waals surface area contributed by atoms with E-state index in [1.54, 1.807) is 12.2 Å². The smallest absolute Gasteiger partial charge is 0.462 e. The van der Waals surface area contributed by atoms with Crippen LogP contribution in [0.4, 0.5) is 0 Å². The highest BCUT2D eigenvalue weighted by atomic mass is 31.2. The molecule has 43 heavy (non-hydrogen) atoms. The lowest BCUT2D eigenvalue weighted by atomic mass is 9.90. The quantitative estimate of drug-likeness (QED) is 0.0482. The van der Waals surface area contributed by atoms with Gasteiger partial charge in [-0.3, -0.25) is 18.9 Å². The predicted molar refractivity (Wildman–Crippen MR) is 162 cm³/mol. The molecule has 1 rings (SSSR count). The van der Waals surface area contributed by atoms with Crippen molar-refractivity contribution in [1.82, 2.24) is 0 Å². The Kier molecular flexibility index (Phi) is 20.6. The van der Waals surface area contributed by atoms with Gasteiger partial charge in [0.1, 0.15) is 12.4 Å². The number of ketones is 1. The summed E-state index contributed by atoms with van der Waals surface area (Å²) in [6.45, 7) is 3.20. The van der Waals surface area contributed by atoms with Gasteiger partial charge < -0.3 is 29.5 Å². The molecular formula is C31H53O11P. The summed E-state index contributed by atoms with van der Waals surface area (Å²) in [6.07, 6.45) is 14.8. The van der Waals surface area contributed by atoms with Crippen molar-refractivity contribution in [2.45, 2.75) is 128 Å². The van der Waals surface area contributed by atoms with Crippen LogP contribution in [0.2, 0.25) is 0 Å². The van der Waals surface area contributed by atoms with Crippen LogP contribution in [0.5, 0.6) is 0 Å². The van der Waals surface area contributed by atoms with Crippen molar-refractivity contribution in [3.05, 3.63) is 24.3 Å². The van der Waals surface area contributed by atoms with E-state index in [-0.39, 0.29) is 43.5 Å². The van der Waals surface area contributed by atoms with E-state index in [0.29, 0.717) is 32.1 Å². The number of Topliss-reactive ketones (excluding diaryl/α,β-unsaturated/α-hetero) is 1. The van der Waals surface area contributed by atoms with E-state index in [9.17, 15) is 29.2 Å². The standard InChI is InChI=1S/C31H53O11P/c1-3-5-7-8-13-17-30(35)40-22-25(23-41-43(37,38)39)42-31(36)18-14-10-9-12-16-26-27(29(34)21-28(26)33)20-19-24(32)15-11-6-4-2/h9,12,19-20,24-27,29,32,34H,3-8,10-11,13-18,21-23H2,1-2H3,(H2,37,38,39)/b12-9-,20-19+/t24-,25+,26+,27+,29+/m0/s1. The molecule has 12 heteroatoms. The average molecular weight is 633 g/mol. The molecule has 0 saturated heterocycles. The number of aliphatic hydroxyl groups excluding tert-OH is 2. The molecule has 0 radical (unpaired) electrons. The summed E-state index contributed by atoms with van der Waals surface area (Å²) in [5, 5.41) is 20.5. The lowest BCUT2D eigenvalue weighted by Crippen LogP contribution is -2.29. The first-order valence-electron chi connectivity index (χ1n) is 15.7. The van der Waals surface area contributed by atoms with Crippen LogP contribution in [-0.2, 0) is 32.9 Å². The molecule has 1 saturated carbocycles. The zero-order valence-corrected chi connectivity index (χ0v) is 26.7. The van der Waals surface area contributed by atoms with Gasteiger partial charge in [0.15, 0.2) is 6.10 Å². The second-order valence-electron chi connectivity index (χ2n) is 11.2. The normalized spacial score (nSPS) is 20.6. The van der Waals surface area contributed by atoms with E-state index in [1.165, 1.54) is 0 Å². The third-order valence-electron chi connectivity index (χ3n) is 7.34. The summed E-state index contributed by atoms with van der Waals surface area (Å²) < 4.78 is 25.9. The number of hydrogen-bond acceptors (Lipinski definition) is 9. The Bertz CT molecular complexity index is 913. The van der Waals surface area contributed by atoms with Gasteiger partial charge in [0, 0.05) is 31.1 Å². The zero-order valence-electron chi connectivity index (χ0n) is 25.8. The molecule has 0 unspecified atom stereocenters. The van der Waals surface area contributed by atoms with Crippen molar-refractivity contribution >= 4 is 25.5 Å². The van der Waals surface area contributed by atoms with Crippen LogP contribution in [0.3, 0.4) is 0 Å². The molecule has 5 atom stereocenters. The maximum absolute atomic E-state index is 12.4. The minimum Gasteiger partial charge on any atom is -0.462 e. The Hall–Kier alpha value is -1.88. The molecule has 0 amide bonds. The third-order valence-corrected chi connectivity index (χ3v) is 7.83. The molecule has 0 bridgehead atoms. The first-order chi connectivity index (χ1) is 20.5. The molecule has 0 aromatic rings. The summed E-state index contributed by atoms with van der Waals surface area (Å²) >= 11 is 0. The number of aliphatic hydroxyl groups is 2. The number of carbonyl (C=O) groups is 3. The molecule has 4 N–H and O–H groups in total. The highest BCUT2D eigenvalue weighted by Gasteiger charge is 2.39. The molecule has 1 fully saturated rings. The van der Waals surface area contributed by atoms with E-state index in [4.69, 9.17) is 19.3 Å². The topological polar surface area (TPSA) is 177 Å². The highest BCUT2D eigenvalue weighted by Crippen LogP contribution is 2.36. The largest absolute Gasteiger partial charge is 0.469 e. The second-order valence-corrected chi connectivity index (χ2v) is 12.5. The number of phosphoric acid groups is 1. The van der Waals surface area contributed by atoms with Crippen LogP contribution in [-0.4, -0.2) is 69.2 Å².